The van der Waals surface area contributed by atoms with E-state index in [2.05, 4.69) is 15.0 Å². The standard InChI is InChI=1S/C27H27N7O4S/c1-31-24-21(23(30)25(35)32-16-19-8-6-18(14-28)7-9-19)10-13-34(26(24)36)17-27(11-12-27)39(37,38)33-22-5-3-2-4-20(22)15-29/h2-9,33H,10-13,16-17,30H2,1H3,(H,32,35). The zero-order valence-electron chi connectivity index (χ0n) is 21.3. The predicted octanol–water partition coefficient (Wildman–Crippen LogP) is 1.54. The monoisotopic (exact) mass is 545 g/mol. The second-order valence-corrected chi connectivity index (χ2v) is 11.5. The highest BCUT2D eigenvalue weighted by Gasteiger charge is 2.56. The lowest BCUT2D eigenvalue weighted by atomic mass is 9.97. The lowest BCUT2D eigenvalue weighted by molar-refractivity contribution is -0.124. The first-order valence-corrected chi connectivity index (χ1v) is 13.7. The quantitative estimate of drug-likeness (QED) is 0.420. The Hall–Kier alpha value is -4.68. The third-order valence-corrected chi connectivity index (χ3v) is 9.05. The van der Waals surface area contributed by atoms with E-state index in [1.54, 1.807) is 36.4 Å². The Morgan fingerprint density at radius 1 is 1.13 bits per heavy atom. The van der Waals surface area contributed by atoms with Crippen molar-refractivity contribution in [3.05, 3.63) is 76.5 Å². The van der Waals surface area contributed by atoms with Crippen molar-refractivity contribution in [1.29, 1.82) is 10.5 Å². The van der Waals surface area contributed by atoms with Gasteiger partial charge in [0.25, 0.3) is 11.8 Å². The topological polar surface area (TPSA) is 182 Å². The van der Waals surface area contributed by atoms with E-state index < -0.39 is 26.6 Å². The number of nitrogens with one attached hydrogen (secondary N) is 2. The molecule has 1 heterocycles. The highest BCUT2D eigenvalue weighted by Crippen LogP contribution is 2.45. The van der Waals surface area contributed by atoms with Crippen molar-refractivity contribution in [3.8, 4) is 12.1 Å². The summed E-state index contributed by atoms with van der Waals surface area (Å²) in [5.74, 6) is -1.06. The lowest BCUT2D eigenvalue weighted by Gasteiger charge is -2.33. The summed E-state index contributed by atoms with van der Waals surface area (Å²) in [6, 6.07) is 17.0. The number of benzene rings is 2. The molecule has 12 heteroatoms. The van der Waals surface area contributed by atoms with E-state index >= 15 is 0 Å². The van der Waals surface area contributed by atoms with Crippen molar-refractivity contribution in [2.24, 2.45) is 10.7 Å². The van der Waals surface area contributed by atoms with E-state index in [9.17, 15) is 23.3 Å². The van der Waals surface area contributed by atoms with Gasteiger partial charge in [0.2, 0.25) is 10.0 Å². The number of nitriles is 2. The van der Waals surface area contributed by atoms with Gasteiger partial charge in [0.15, 0.2) is 0 Å². The van der Waals surface area contributed by atoms with Crippen molar-refractivity contribution >= 4 is 33.2 Å². The van der Waals surface area contributed by atoms with E-state index in [0.29, 0.717) is 24.0 Å². The van der Waals surface area contributed by atoms with Gasteiger partial charge < -0.3 is 16.0 Å². The summed E-state index contributed by atoms with van der Waals surface area (Å²) in [5.41, 5.74) is 8.01. The molecule has 2 aromatic carbocycles. The minimum absolute atomic E-state index is 0.0169. The summed E-state index contributed by atoms with van der Waals surface area (Å²) in [6.07, 6.45) is 0.958. The third kappa shape index (κ3) is 5.61. The molecule has 4 rings (SSSR count). The van der Waals surface area contributed by atoms with Crippen molar-refractivity contribution < 1.29 is 18.0 Å². The number of anilines is 1. The maximum absolute atomic E-state index is 13.3. The summed E-state index contributed by atoms with van der Waals surface area (Å²) in [5, 5.41) is 20.9. The van der Waals surface area contributed by atoms with Gasteiger partial charge in [-0.25, -0.2) is 8.42 Å². The first-order valence-electron chi connectivity index (χ1n) is 12.2. The van der Waals surface area contributed by atoms with E-state index in [0.717, 1.165) is 5.56 Å². The molecule has 0 unspecified atom stereocenters. The molecule has 2 amide bonds. The molecule has 4 N–H and O–H groups in total. The summed E-state index contributed by atoms with van der Waals surface area (Å²) < 4.78 is 27.9. The number of carbonyl (C=O) groups excluding carboxylic acids is 2. The Kier molecular flexibility index (Phi) is 7.70. The maximum Gasteiger partial charge on any atom is 0.272 e. The molecule has 2 aliphatic rings. The SMILES string of the molecule is CN=C1C(=O)N(CC2(S(=O)(=O)Nc3ccccc3C#N)CC2)CCC1=C(N)C(=O)NCc1ccc(C#N)cc1. The van der Waals surface area contributed by atoms with Crippen LogP contribution in [0.15, 0.2) is 64.8 Å². The zero-order valence-corrected chi connectivity index (χ0v) is 22.1. The molecule has 0 bridgehead atoms. The van der Waals surface area contributed by atoms with Crippen LogP contribution in [0.3, 0.4) is 0 Å². The Morgan fingerprint density at radius 3 is 2.44 bits per heavy atom. The van der Waals surface area contributed by atoms with Crippen molar-refractivity contribution in [2.45, 2.75) is 30.6 Å². The average Bonchev–Trinajstić information content (AvgIpc) is 3.74. The number of piperidine rings is 1. The smallest absolute Gasteiger partial charge is 0.272 e. The van der Waals surface area contributed by atoms with Gasteiger partial charge >= 0.3 is 0 Å². The van der Waals surface area contributed by atoms with Crippen LogP contribution in [0.1, 0.15) is 36.0 Å². The summed E-state index contributed by atoms with van der Waals surface area (Å²) in [6.45, 7) is 0.301. The van der Waals surface area contributed by atoms with E-state index in [4.69, 9.17) is 11.0 Å². The van der Waals surface area contributed by atoms with Crippen LogP contribution in [0.25, 0.3) is 0 Å². The Bertz CT molecular complexity index is 1560. The third-order valence-electron chi connectivity index (χ3n) is 6.89. The molecule has 0 radical (unpaired) electrons. The highest BCUT2D eigenvalue weighted by molar-refractivity contribution is 7.94. The Labute approximate surface area is 226 Å². The number of amides is 2. The van der Waals surface area contributed by atoms with Gasteiger partial charge in [0, 0.05) is 32.3 Å². The van der Waals surface area contributed by atoms with Crippen LogP contribution in [-0.2, 0) is 26.2 Å². The van der Waals surface area contributed by atoms with Crippen LogP contribution < -0.4 is 15.8 Å². The van der Waals surface area contributed by atoms with E-state index in [1.165, 1.54) is 24.1 Å². The molecule has 0 atom stereocenters. The number of hydrogen-bond donors (Lipinski definition) is 3. The fraction of sp³-hybridized carbons (Fsp3) is 0.296. The summed E-state index contributed by atoms with van der Waals surface area (Å²) >= 11 is 0. The summed E-state index contributed by atoms with van der Waals surface area (Å²) in [7, 11) is -2.50. The molecule has 1 saturated carbocycles. The number of carbonyl (C=O) groups is 2. The van der Waals surface area contributed by atoms with Gasteiger partial charge in [-0.3, -0.25) is 19.3 Å². The van der Waals surface area contributed by atoms with Crippen molar-refractivity contribution in [2.75, 3.05) is 24.9 Å². The van der Waals surface area contributed by atoms with E-state index in [1.807, 2.05) is 12.1 Å². The van der Waals surface area contributed by atoms with Crippen LogP contribution in [0.5, 0.6) is 0 Å². The molecule has 1 aliphatic heterocycles. The predicted molar refractivity (Wildman–Crippen MR) is 144 cm³/mol. The van der Waals surface area contributed by atoms with Gasteiger partial charge in [0.05, 0.1) is 22.9 Å². The number of likely N-dealkylation sites (tertiary alicyclic amines) is 1. The van der Waals surface area contributed by atoms with Gasteiger partial charge in [0.1, 0.15) is 22.2 Å². The number of para-hydroxylation sites is 1. The van der Waals surface area contributed by atoms with Gasteiger partial charge in [-0.2, -0.15) is 10.5 Å². The van der Waals surface area contributed by atoms with Crippen LogP contribution in [0.2, 0.25) is 0 Å². The first kappa shape index (κ1) is 27.4. The number of hydrogen-bond acceptors (Lipinski definition) is 8. The molecule has 200 valence electrons. The van der Waals surface area contributed by atoms with Crippen molar-refractivity contribution in [3.63, 3.8) is 0 Å². The molecule has 2 aromatic rings. The molecule has 39 heavy (non-hydrogen) atoms. The molecular formula is C27H27N7O4S. The largest absolute Gasteiger partial charge is 0.394 e. The molecule has 11 nitrogen and oxygen atoms in total. The van der Waals surface area contributed by atoms with Crippen molar-refractivity contribution in [1.82, 2.24) is 10.2 Å². The van der Waals surface area contributed by atoms with E-state index in [-0.39, 0.29) is 48.7 Å². The highest BCUT2D eigenvalue weighted by atomic mass is 32.2. The summed E-state index contributed by atoms with van der Waals surface area (Å²) in [4.78, 5) is 31.6. The number of nitrogens with zero attached hydrogens (tertiary/aromatic N) is 4. The number of rotatable bonds is 8. The first-order chi connectivity index (χ1) is 18.6. The lowest BCUT2D eigenvalue weighted by Crippen LogP contribution is -2.50. The maximum atomic E-state index is 13.3. The number of sulfonamides is 1. The van der Waals surface area contributed by atoms with Crippen LogP contribution in [0, 0.1) is 22.7 Å². The molecule has 1 saturated heterocycles. The van der Waals surface area contributed by atoms with Crippen LogP contribution in [0.4, 0.5) is 5.69 Å². The van der Waals surface area contributed by atoms with Crippen LogP contribution >= 0.6 is 0 Å². The minimum Gasteiger partial charge on any atom is -0.394 e. The Balaban J connectivity index is 1.45. The molecular weight excluding hydrogens is 518 g/mol. The number of nitrogens with two attached hydrogens (primary N) is 1. The van der Waals surface area contributed by atoms with Gasteiger partial charge in [-0.05, 0) is 49.1 Å². The zero-order chi connectivity index (χ0) is 28.2. The molecule has 0 spiro atoms. The number of aliphatic imine (C=N–C) groups is 1. The fourth-order valence-corrected chi connectivity index (χ4v) is 6.07. The van der Waals surface area contributed by atoms with Gasteiger partial charge in [-0.1, -0.05) is 24.3 Å². The normalized spacial score (nSPS) is 18.6. The molecule has 1 aliphatic carbocycles. The fourth-order valence-electron chi connectivity index (χ4n) is 4.42. The van der Waals surface area contributed by atoms with Gasteiger partial charge in [-0.15, -0.1) is 0 Å². The minimum atomic E-state index is -3.92. The Morgan fingerprint density at radius 2 is 1.82 bits per heavy atom. The van der Waals surface area contributed by atoms with Crippen LogP contribution in [-0.4, -0.2) is 55.7 Å². The molecule has 2 fully saturated rings. The second-order valence-electron chi connectivity index (χ2n) is 9.38. The average molecular weight is 546 g/mol. The molecule has 0 aromatic heterocycles. The second kappa shape index (κ2) is 11.0.